The normalized spacial score (nSPS) is 12.8. The minimum atomic E-state index is -5.10. The Morgan fingerprint density at radius 1 is 1.12 bits per heavy atom. The van der Waals surface area contributed by atoms with E-state index >= 15 is 4.39 Å². The number of hydrogen-bond donors (Lipinski definition) is 2. The molecule has 0 heterocycles. The zero-order valence-corrected chi connectivity index (χ0v) is 22.9. The Balaban J connectivity index is 2.77. The van der Waals surface area contributed by atoms with Gasteiger partial charge in [-0.15, -0.1) is 13.2 Å². The molecule has 0 bridgehead atoms. The molecular weight excluding hydrogens is 530 g/mol. The van der Waals surface area contributed by atoms with Crippen LogP contribution < -0.4 is 10.1 Å². The zero-order chi connectivity index (χ0) is 30.0. The van der Waals surface area contributed by atoms with Crippen molar-refractivity contribution in [1.29, 1.82) is 0 Å². The Hall–Kier alpha value is -3.66. The molecule has 2 N–H and O–H groups in total. The second-order valence-electron chi connectivity index (χ2n) is 9.27. The van der Waals surface area contributed by atoms with Crippen molar-refractivity contribution in [3.05, 3.63) is 77.6 Å². The molecule has 2 aromatic rings. The molecule has 0 saturated carbocycles. The van der Waals surface area contributed by atoms with Crippen LogP contribution >= 0.6 is 0 Å². The number of allylic oxidation sites excluding steroid dienone is 1. The van der Waals surface area contributed by atoms with E-state index in [-0.39, 0.29) is 25.2 Å². The van der Waals surface area contributed by atoms with E-state index in [0.29, 0.717) is 35.8 Å². The third kappa shape index (κ3) is 8.67. The summed E-state index contributed by atoms with van der Waals surface area (Å²) in [7, 11) is 0. The monoisotopic (exact) mass is 565 g/mol. The molecule has 6 nitrogen and oxygen atoms in total. The molecule has 0 spiro atoms. The summed E-state index contributed by atoms with van der Waals surface area (Å²) in [6.45, 7) is 12.3. The molecule has 218 valence electrons. The highest BCUT2D eigenvalue weighted by Gasteiger charge is 2.38. The van der Waals surface area contributed by atoms with E-state index in [2.05, 4.69) is 18.5 Å². The predicted molar refractivity (Wildman–Crippen MR) is 144 cm³/mol. The second-order valence-corrected chi connectivity index (χ2v) is 9.27. The van der Waals surface area contributed by atoms with E-state index in [1.807, 2.05) is 6.92 Å². The minimum Gasteiger partial charge on any atom is -0.493 e. The number of halogens is 4. The number of nitrogens with one attached hydrogen (secondary N) is 1. The van der Waals surface area contributed by atoms with E-state index < -0.39 is 53.6 Å². The number of amides is 1. The maximum atomic E-state index is 15.6. The van der Waals surface area contributed by atoms with E-state index in [0.717, 1.165) is 11.6 Å². The number of aryl methyl sites for hydroxylation is 2. The second kappa shape index (κ2) is 14.6. The van der Waals surface area contributed by atoms with Gasteiger partial charge in [0, 0.05) is 17.5 Å². The Bertz CT molecular complexity index is 1230. The fraction of sp³-hybridized carbons (Fsp3) is 0.400. The Labute approximate surface area is 231 Å². The first kappa shape index (κ1) is 32.6. The van der Waals surface area contributed by atoms with Crippen molar-refractivity contribution < 1.29 is 41.7 Å². The molecule has 10 heteroatoms. The van der Waals surface area contributed by atoms with Crippen LogP contribution in [0.2, 0.25) is 0 Å². The number of ether oxygens (including phenoxy) is 2. The molecule has 0 radical (unpaired) electrons. The van der Waals surface area contributed by atoms with E-state index in [1.165, 1.54) is 13.0 Å². The van der Waals surface area contributed by atoms with Gasteiger partial charge in [-0.25, -0.2) is 4.39 Å². The molecular formula is C30H35F4NO5. The molecule has 0 aromatic heterocycles. The number of benzene rings is 2. The maximum Gasteiger partial charge on any atom is 0.419 e. The fourth-order valence-corrected chi connectivity index (χ4v) is 4.23. The van der Waals surface area contributed by atoms with Gasteiger partial charge in [0.25, 0.3) is 0 Å². The number of esters is 1. The number of rotatable bonds is 14. The van der Waals surface area contributed by atoms with Crippen LogP contribution in [0.3, 0.4) is 0 Å². The highest BCUT2D eigenvalue weighted by atomic mass is 19.4. The van der Waals surface area contributed by atoms with E-state index in [9.17, 15) is 27.9 Å². The molecule has 0 aliphatic carbocycles. The first-order chi connectivity index (χ1) is 18.8. The Morgan fingerprint density at radius 2 is 1.82 bits per heavy atom. The van der Waals surface area contributed by atoms with Crippen molar-refractivity contribution in [3.8, 4) is 16.9 Å². The molecule has 0 aliphatic heterocycles. The number of carbonyl (C=O) groups excluding carboxylic acids is 2. The summed E-state index contributed by atoms with van der Waals surface area (Å²) in [5.41, 5.74) is -0.487. The van der Waals surface area contributed by atoms with Gasteiger partial charge in [-0.05, 0) is 68.5 Å². The quantitative estimate of drug-likeness (QED) is 0.118. The maximum absolute atomic E-state index is 15.6. The van der Waals surface area contributed by atoms with Crippen LogP contribution in [-0.4, -0.2) is 36.3 Å². The Morgan fingerprint density at radius 3 is 2.42 bits per heavy atom. The summed E-state index contributed by atoms with van der Waals surface area (Å²) in [4.78, 5) is 24.9. The first-order valence-corrected chi connectivity index (χ1v) is 12.8. The number of carbonyl (C=O) groups is 2. The molecule has 1 amide bonds. The van der Waals surface area contributed by atoms with Crippen LogP contribution in [0.4, 0.5) is 17.6 Å². The lowest BCUT2D eigenvalue weighted by molar-refractivity contribution is -0.144. The summed E-state index contributed by atoms with van der Waals surface area (Å²) < 4.78 is 68.7. The molecule has 40 heavy (non-hydrogen) atoms. The van der Waals surface area contributed by atoms with Gasteiger partial charge < -0.3 is 19.9 Å². The van der Waals surface area contributed by atoms with Gasteiger partial charge in [-0.3, -0.25) is 9.59 Å². The Kier molecular flexibility index (Phi) is 11.9. The number of alkyl halides is 3. The van der Waals surface area contributed by atoms with Crippen LogP contribution in [0.25, 0.3) is 11.1 Å². The highest BCUT2D eigenvalue weighted by molar-refractivity contribution is 5.82. The summed E-state index contributed by atoms with van der Waals surface area (Å²) in [6, 6.07) is 3.70. The van der Waals surface area contributed by atoms with Gasteiger partial charge in [-0.2, -0.15) is 13.2 Å². The lowest BCUT2D eigenvalue weighted by atomic mass is 9.91. The molecule has 2 atom stereocenters. The minimum absolute atomic E-state index is 0.0188. The third-order valence-electron chi connectivity index (χ3n) is 6.01. The summed E-state index contributed by atoms with van der Waals surface area (Å²) in [6.07, 6.45) is -3.25. The van der Waals surface area contributed by atoms with E-state index in [4.69, 9.17) is 9.47 Å². The number of aliphatic hydroxyl groups excluding tert-OH is 1. The lowest BCUT2D eigenvalue weighted by Gasteiger charge is -2.24. The van der Waals surface area contributed by atoms with Crippen LogP contribution in [-0.2, 0) is 20.5 Å². The summed E-state index contributed by atoms with van der Waals surface area (Å²) in [5.74, 6) is -3.23. The first-order valence-electron chi connectivity index (χ1n) is 12.8. The van der Waals surface area contributed by atoms with Gasteiger partial charge in [0.2, 0.25) is 5.91 Å². The smallest absolute Gasteiger partial charge is 0.419 e. The molecule has 2 aromatic carbocycles. The average Bonchev–Trinajstić information content (AvgIpc) is 2.86. The van der Waals surface area contributed by atoms with Crippen molar-refractivity contribution >= 4 is 11.9 Å². The largest absolute Gasteiger partial charge is 0.493 e. The lowest BCUT2D eigenvalue weighted by Crippen LogP contribution is -2.38. The topological polar surface area (TPSA) is 84.9 Å². The zero-order valence-electron chi connectivity index (χ0n) is 22.9. The van der Waals surface area contributed by atoms with Gasteiger partial charge in [0.05, 0.1) is 31.2 Å². The fourth-order valence-electron chi connectivity index (χ4n) is 4.23. The molecule has 0 fully saturated rings. The van der Waals surface area contributed by atoms with Gasteiger partial charge >= 0.3 is 12.1 Å². The average molecular weight is 566 g/mol. The third-order valence-corrected chi connectivity index (χ3v) is 6.01. The van der Waals surface area contributed by atoms with E-state index in [1.54, 1.807) is 25.1 Å². The van der Waals surface area contributed by atoms with Gasteiger partial charge in [-0.1, -0.05) is 18.2 Å². The van der Waals surface area contributed by atoms with Gasteiger partial charge in [0.15, 0.2) is 0 Å². The van der Waals surface area contributed by atoms with Crippen molar-refractivity contribution in [1.82, 2.24) is 5.32 Å². The van der Waals surface area contributed by atoms with Crippen molar-refractivity contribution in [2.75, 3.05) is 13.2 Å². The van der Waals surface area contributed by atoms with Crippen LogP contribution in [0.1, 0.15) is 60.9 Å². The van der Waals surface area contributed by atoms with Crippen LogP contribution in [0.15, 0.2) is 49.6 Å². The summed E-state index contributed by atoms with van der Waals surface area (Å²) in [5, 5.41) is 12.4. The van der Waals surface area contributed by atoms with Crippen molar-refractivity contribution in [3.63, 3.8) is 0 Å². The molecule has 0 aliphatic rings. The SMILES string of the molecule is C=CCCCOc1cc(C)cc(C)c1-c1cc([C@H](CC(=O)OCC)NC(=O)[C@H](O)CC=C)c(F)c(C(F)(F)F)c1. The number of hydrogen-bond acceptors (Lipinski definition) is 5. The highest BCUT2D eigenvalue weighted by Crippen LogP contribution is 2.42. The molecule has 0 saturated heterocycles. The van der Waals surface area contributed by atoms with Crippen molar-refractivity contribution in [2.45, 2.75) is 64.8 Å². The number of aliphatic hydroxyl groups is 1. The summed E-state index contributed by atoms with van der Waals surface area (Å²) >= 11 is 0. The van der Waals surface area contributed by atoms with Gasteiger partial charge in [0.1, 0.15) is 17.7 Å². The van der Waals surface area contributed by atoms with Crippen LogP contribution in [0, 0.1) is 19.7 Å². The molecule has 2 rings (SSSR count). The predicted octanol–water partition coefficient (Wildman–Crippen LogP) is 6.52. The molecule has 0 unspecified atom stereocenters. The van der Waals surface area contributed by atoms with Crippen molar-refractivity contribution in [2.24, 2.45) is 0 Å². The standard InChI is InChI=1S/C30H35F4NO5/c1-6-9-10-12-40-25-14-18(4)13-19(5)27(25)20-15-21(28(31)22(16-20)30(32,33)34)23(17-26(37)39-8-3)35-29(38)24(36)11-7-2/h6-7,13-16,23-24,36H,1-2,8-12,17H2,3-5H3,(H,35,38)/t23-,24+/m0/s1. The number of unbranched alkanes of at least 4 members (excludes halogenated alkanes) is 1. The van der Waals surface area contributed by atoms with Crippen LogP contribution in [0.5, 0.6) is 5.75 Å².